The first kappa shape index (κ1) is 20.0. The van der Waals surface area contributed by atoms with E-state index in [1.54, 1.807) is 42.5 Å². The van der Waals surface area contributed by atoms with E-state index < -0.39 is 5.97 Å². The minimum Gasteiger partial charge on any atom is -0.486 e. The highest BCUT2D eigenvalue weighted by molar-refractivity contribution is 7.99. The third-order valence-electron chi connectivity index (χ3n) is 4.54. The van der Waals surface area contributed by atoms with Crippen molar-refractivity contribution in [1.82, 2.24) is 9.55 Å². The van der Waals surface area contributed by atoms with Crippen LogP contribution in [0.25, 0.3) is 10.9 Å². The number of nitrogens with zero attached hydrogens (tertiary/aromatic N) is 2. The average Bonchev–Trinajstić information content (AvgIpc) is 2.79. The number of ether oxygens (including phenoxy) is 3. The molecule has 2 heterocycles. The Bertz CT molecular complexity index is 1190. The Balaban J connectivity index is 1.61. The van der Waals surface area contributed by atoms with E-state index in [0.717, 1.165) is 11.8 Å². The van der Waals surface area contributed by atoms with E-state index in [4.69, 9.17) is 14.2 Å². The molecule has 4 rings (SSSR count). The molecule has 9 heteroatoms. The second kappa shape index (κ2) is 8.58. The molecule has 0 N–H and O–H groups in total. The molecule has 1 aliphatic heterocycles. The number of ketones is 1. The summed E-state index contributed by atoms with van der Waals surface area (Å²) < 4.78 is 16.9. The first-order chi connectivity index (χ1) is 14.6. The number of para-hydroxylation sites is 1. The number of Topliss-reactive ketones (excluding diaryl/α,β-unsaturated/α-hetero) is 1. The van der Waals surface area contributed by atoms with Crippen LogP contribution in [0.15, 0.2) is 52.4 Å². The fourth-order valence-corrected chi connectivity index (χ4v) is 3.91. The van der Waals surface area contributed by atoms with Crippen LogP contribution in [0.2, 0.25) is 0 Å². The van der Waals surface area contributed by atoms with Crippen molar-refractivity contribution in [3.8, 4) is 11.5 Å². The zero-order valence-electron chi connectivity index (χ0n) is 16.1. The molecule has 0 fully saturated rings. The number of benzene rings is 2. The van der Waals surface area contributed by atoms with Crippen LogP contribution in [-0.2, 0) is 16.1 Å². The second-order valence-electron chi connectivity index (χ2n) is 6.45. The number of rotatable bonds is 6. The molecule has 0 aliphatic carbocycles. The quantitative estimate of drug-likeness (QED) is 0.256. The Morgan fingerprint density at radius 2 is 1.90 bits per heavy atom. The molecule has 0 atom stereocenters. The molecule has 0 amide bonds. The number of thioether (sulfide) groups is 1. The van der Waals surface area contributed by atoms with Gasteiger partial charge in [0, 0.05) is 5.56 Å². The van der Waals surface area contributed by atoms with Gasteiger partial charge in [0.25, 0.3) is 5.56 Å². The van der Waals surface area contributed by atoms with Gasteiger partial charge in [0.05, 0.1) is 23.8 Å². The summed E-state index contributed by atoms with van der Waals surface area (Å²) in [6.45, 7) is 0.620. The van der Waals surface area contributed by atoms with Crippen LogP contribution < -0.4 is 15.0 Å². The van der Waals surface area contributed by atoms with Crippen LogP contribution in [0.4, 0.5) is 0 Å². The van der Waals surface area contributed by atoms with Crippen molar-refractivity contribution in [1.29, 1.82) is 0 Å². The van der Waals surface area contributed by atoms with E-state index in [0.29, 0.717) is 41.2 Å². The van der Waals surface area contributed by atoms with Gasteiger partial charge in [-0.3, -0.25) is 19.0 Å². The zero-order valence-corrected chi connectivity index (χ0v) is 16.9. The highest BCUT2D eigenvalue weighted by Gasteiger charge is 2.18. The SMILES string of the molecule is COC(=O)Cn1c(SCC(=O)c2ccc3c(c2)OCCO3)nc2ccccc2c1=O. The predicted octanol–water partition coefficient (Wildman–Crippen LogP) is 2.32. The van der Waals surface area contributed by atoms with Crippen LogP contribution in [0, 0.1) is 0 Å². The summed E-state index contributed by atoms with van der Waals surface area (Å²) in [6.07, 6.45) is 0. The Morgan fingerprint density at radius 1 is 1.13 bits per heavy atom. The van der Waals surface area contributed by atoms with Crippen LogP contribution in [0.3, 0.4) is 0 Å². The average molecular weight is 426 g/mol. The lowest BCUT2D eigenvalue weighted by molar-refractivity contribution is -0.141. The molecule has 8 nitrogen and oxygen atoms in total. The fourth-order valence-electron chi connectivity index (χ4n) is 3.02. The van der Waals surface area contributed by atoms with Crippen molar-refractivity contribution in [3.05, 3.63) is 58.4 Å². The predicted molar refractivity (Wildman–Crippen MR) is 111 cm³/mol. The van der Waals surface area contributed by atoms with E-state index >= 15 is 0 Å². The monoisotopic (exact) mass is 426 g/mol. The smallest absolute Gasteiger partial charge is 0.325 e. The second-order valence-corrected chi connectivity index (χ2v) is 7.39. The number of fused-ring (bicyclic) bond motifs is 2. The summed E-state index contributed by atoms with van der Waals surface area (Å²) in [6, 6.07) is 11.9. The molecule has 0 saturated carbocycles. The zero-order chi connectivity index (χ0) is 21.1. The molecule has 30 heavy (non-hydrogen) atoms. The lowest BCUT2D eigenvalue weighted by Crippen LogP contribution is -2.27. The number of aromatic nitrogens is 2. The largest absolute Gasteiger partial charge is 0.486 e. The van der Waals surface area contributed by atoms with Gasteiger partial charge in [-0.05, 0) is 30.3 Å². The molecular formula is C21H18N2O6S. The van der Waals surface area contributed by atoms with E-state index in [1.807, 2.05) is 0 Å². The topological polar surface area (TPSA) is 96.7 Å². The summed E-state index contributed by atoms with van der Waals surface area (Å²) in [4.78, 5) is 41.9. The minimum atomic E-state index is -0.575. The highest BCUT2D eigenvalue weighted by Crippen LogP contribution is 2.31. The Kier molecular flexibility index (Phi) is 5.71. The van der Waals surface area contributed by atoms with E-state index in [-0.39, 0.29) is 28.8 Å². The van der Waals surface area contributed by atoms with Gasteiger partial charge in [-0.2, -0.15) is 0 Å². The number of hydrogen-bond acceptors (Lipinski definition) is 8. The van der Waals surface area contributed by atoms with E-state index in [9.17, 15) is 14.4 Å². The van der Waals surface area contributed by atoms with Crippen LogP contribution >= 0.6 is 11.8 Å². The summed E-state index contributed by atoms with van der Waals surface area (Å²) >= 11 is 1.09. The van der Waals surface area contributed by atoms with Crippen molar-refractivity contribution in [2.45, 2.75) is 11.7 Å². The van der Waals surface area contributed by atoms with Crippen molar-refractivity contribution in [2.75, 3.05) is 26.1 Å². The maximum atomic E-state index is 12.9. The normalized spacial score (nSPS) is 12.6. The highest BCUT2D eigenvalue weighted by atomic mass is 32.2. The maximum absolute atomic E-state index is 12.9. The molecule has 0 bridgehead atoms. The van der Waals surface area contributed by atoms with Gasteiger partial charge < -0.3 is 14.2 Å². The van der Waals surface area contributed by atoms with Gasteiger partial charge in [0.2, 0.25) is 0 Å². The van der Waals surface area contributed by atoms with Gasteiger partial charge >= 0.3 is 5.97 Å². The number of carbonyl (C=O) groups is 2. The first-order valence-electron chi connectivity index (χ1n) is 9.19. The summed E-state index contributed by atoms with van der Waals surface area (Å²) in [5.74, 6) is 0.432. The van der Waals surface area contributed by atoms with Crippen LogP contribution in [0.1, 0.15) is 10.4 Å². The molecule has 154 valence electrons. The fraction of sp³-hybridized carbons (Fsp3) is 0.238. The van der Waals surface area contributed by atoms with Crippen molar-refractivity contribution in [3.63, 3.8) is 0 Å². The molecule has 3 aromatic rings. The third-order valence-corrected chi connectivity index (χ3v) is 5.51. The molecule has 1 aromatic heterocycles. The number of methoxy groups -OCH3 is 1. The number of carbonyl (C=O) groups excluding carboxylic acids is 2. The minimum absolute atomic E-state index is 0.0333. The molecule has 0 spiro atoms. The molecule has 0 unspecified atom stereocenters. The Hall–Kier alpha value is -3.33. The summed E-state index contributed by atoms with van der Waals surface area (Å²) in [7, 11) is 1.25. The van der Waals surface area contributed by atoms with E-state index in [2.05, 4.69) is 4.98 Å². The molecule has 2 aromatic carbocycles. The van der Waals surface area contributed by atoms with Gasteiger partial charge in [0.1, 0.15) is 19.8 Å². The van der Waals surface area contributed by atoms with Gasteiger partial charge in [-0.15, -0.1) is 0 Å². The molecular weight excluding hydrogens is 408 g/mol. The lowest BCUT2D eigenvalue weighted by atomic mass is 10.1. The summed E-state index contributed by atoms with van der Waals surface area (Å²) in [5, 5.41) is 0.666. The standard InChI is InChI=1S/C21H18N2O6S/c1-27-19(25)11-23-20(26)14-4-2-3-5-15(14)22-21(23)30-12-16(24)13-6-7-17-18(10-13)29-9-8-28-17/h2-7,10H,8-9,11-12H2,1H3. The maximum Gasteiger partial charge on any atom is 0.325 e. The summed E-state index contributed by atoms with van der Waals surface area (Å²) in [5.41, 5.74) is 0.604. The Labute approximate surface area is 175 Å². The van der Waals surface area contributed by atoms with Gasteiger partial charge in [-0.25, -0.2) is 4.98 Å². The van der Waals surface area contributed by atoms with Crippen molar-refractivity contribution >= 4 is 34.4 Å². The third kappa shape index (κ3) is 4.02. The Morgan fingerprint density at radius 3 is 2.70 bits per heavy atom. The number of esters is 1. The van der Waals surface area contributed by atoms with E-state index in [1.165, 1.54) is 11.7 Å². The molecule has 0 saturated heterocycles. The molecule has 0 radical (unpaired) electrons. The van der Waals surface area contributed by atoms with Gasteiger partial charge in [-0.1, -0.05) is 23.9 Å². The van der Waals surface area contributed by atoms with Crippen LogP contribution in [-0.4, -0.2) is 47.4 Å². The van der Waals surface area contributed by atoms with Crippen LogP contribution in [0.5, 0.6) is 11.5 Å². The van der Waals surface area contributed by atoms with Gasteiger partial charge in [0.15, 0.2) is 22.4 Å². The first-order valence-corrected chi connectivity index (χ1v) is 10.2. The molecule has 1 aliphatic rings. The van der Waals surface area contributed by atoms with Crippen molar-refractivity contribution < 1.29 is 23.8 Å². The lowest BCUT2D eigenvalue weighted by Gasteiger charge is -2.18. The number of hydrogen-bond donors (Lipinski definition) is 0. The van der Waals surface area contributed by atoms with Crippen molar-refractivity contribution in [2.24, 2.45) is 0 Å².